The Balaban J connectivity index is 1.69. The van der Waals surface area contributed by atoms with Crippen LogP contribution in [0.15, 0.2) is 36.4 Å². The van der Waals surface area contributed by atoms with Crippen molar-refractivity contribution in [3.63, 3.8) is 0 Å². The number of methoxy groups -OCH3 is 1. The van der Waals surface area contributed by atoms with E-state index in [1.807, 2.05) is 13.0 Å². The van der Waals surface area contributed by atoms with Gasteiger partial charge in [-0.1, -0.05) is 30.3 Å². The van der Waals surface area contributed by atoms with Crippen molar-refractivity contribution in [2.24, 2.45) is 0 Å². The van der Waals surface area contributed by atoms with Gasteiger partial charge in [0.05, 0.1) is 31.6 Å². The zero-order chi connectivity index (χ0) is 17.9. The Morgan fingerprint density at radius 2 is 2.12 bits per heavy atom. The van der Waals surface area contributed by atoms with E-state index in [1.54, 1.807) is 18.4 Å². The SMILES string of the molecule is COC[C@H]1COCCN1Cc1nc(C)nc2sc(-c3ccccc3)cc12. The first-order valence-electron chi connectivity index (χ1n) is 8.88. The lowest BCUT2D eigenvalue weighted by atomic mass is 10.1. The van der Waals surface area contributed by atoms with E-state index in [4.69, 9.17) is 14.5 Å². The maximum Gasteiger partial charge on any atom is 0.127 e. The minimum atomic E-state index is 0.270. The Bertz CT molecular complexity index is 879. The first kappa shape index (κ1) is 17.5. The summed E-state index contributed by atoms with van der Waals surface area (Å²) in [5.74, 6) is 0.825. The zero-order valence-corrected chi connectivity index (χ0v) is 16.0. The number of benzene rings is 1. The minimum absolute atomic E-state index is 0.270. The minimum Gasteiger partial charge on any atom is -0.383 e. The Labute approximate surface area is 157 Å². The third kappa shape index (κ3) is 3.64. The molecular weight excluding hydrogens is 346 g/mol. The van der Waals surface area contributed by atoms with Gasteiger partial charge in [0.15, 0.2) is 0 Å². The molecule has 1 aliphatic heterocycles. The van der Waals surface area contributed by atoms with Gasteiger partial charge in [-0.2, -0.15) is 0 Å². The summed E-state index contributed by atoms with van der Waals surface area (Å²) in [4.78, 5) is 14.1. The number of thiophene rings is 1. The van der Waals surface area contributed by atoms with Gasteiger partial charge in [-0.3, -0.25) is 4.90 Å². The van der Waals surface area contributed by atoms with Gasteiger partial charge >= 0.3 is 0 Å². The maximum atomic E-state index is 5.62. The van der Waals surface area contributed by atoms with Crippen molar-refractivity contribution in [2.75, 3.05) is 33.5 Å². The average Bonchev–Trinajstić information content (AvgIpc) is 3.08. The van der Waals surface area contributed by atoms with Crippen LogP contribution in [0.1, 0.15) is 11.5 Å². The normalized spacial score (nSPS) is 18.5. The van der Waals surface area contributed by atoms with E-state index < -0.39 is 0 Å². The van der Waals surface area contributed by atoms with E-state index in [9.17, 15) is 0 Å². The second kappa shape index (κ2) is 7.80. The monoisotopic (exact) mass is 369 g/mol. The van der Waals surface area contributed by atoms with Gasteiger partial charge in [0.1, 0.15) is 10.7 Å². The largest absolute Gasteiger partial charge is 0.383 e. The number of hydrogen-bond acceptors (Lipinski definition) is 6. The van der Waals surface area contributed by atoms with Crippen LogP contribution < -0.4 is 0 Å². The number of aromatic nitrogens is 2. The molecule has 6 heteroatoms. The second-order valence-electron chi connectivity index (χ2n) is 6.57. The average molecular weight is 369 g/mol. The number of hydrogen-bond donors (Lipinski definition) is 0. The van der Waals surface area contributed by atoms with Crippen molar-refractivity contribution in [1.29, 1.82) is 0 Å². The van der Waals surface area contributed by atoms with Gasteiger partial charge in [0.25, 0.3) is 0 Å². The highest BCUT2D eigenvalue weighted by atomic mass is 32.1. The van der Waals surface area contributed by atoms with Crippen molar-refractivity contribution in [3.05, 3.63) is 47.9 Å². The van der Waals surface area contributed by atoms with Gasteiger partial charge in [0, 0.05) is 30.5 Å². The Morgan fingerprint density at radius 1 is 1.27 bits per heavy atom. The van der Waals surface area contributed by atoms with Gasteiger partial charge in [-0.05, 0) is 18.6 Å². The van der Waals surface area contributed by atoms with Crippen LogP contribution in [0, 0.1) is 6.92 Å². The summed E-state index contributed by atoms with van der Waals surface area (Å²) in [6, 6.07) is 13.0. The van der Waals surface area contributed by atoms with E-state index in [1.165, 1.54) is 10.4 Å². The Kier molecular flexibility index (Phi) is 5.26. The number of nitrogens with zero attached hydrogens (tertiary/aromatic N) is 3. The molecule has 1 fully saturated rings. The van der Waals surface area contributed by atoms with Crippen molar-refractivity contribution in [3.8, 4) is 10.4 Å². The van der Waals surface area contributed by atoms with Crippen LogP contribution in [-0.2, 0) is 16.0 Å². The highest BCUT2D eigenvalue weighted by molar-refractivity contribution is 7.21. The lowest BCUT2D eigenvalue weighted by molar-refractivity contribution is -0.0390. The molecule has 5 nitrogen and oxygen atoms in total. The summed E-state index contributed by atoms with van der Waals surface area (Å²) in [6.45, 7) is 5.80. The molecule has 4 rings (SSSR count). The molecule has 2 aromatic heterocycles. The summed E-state index contributed by atoms with van der Waals surface area (Å²) in [5.41, 5.74) is 2.32. The summed E-state index contributed by atoms with van der Waals surface area (Å²) in [5, 5.41) is 1.15. The van der Waals surface area contributed by atoms with Crippen LogP contribution in [-0.4, -0.2) is 54.4 Å². The Morgan fingerprint density at radius 3 is 2.92 bits per heavy atom. The summed E-state index contributed by atoms with van der Waals surface area (Å²) < 4.78 is 11.0. The fraction of sp³-hybridized carbons (Fsp3) is 0.400. The number of fused-ring (bicyclic) bond motifs is 1. The Hall–Kier alpha value is -1.86. The molecule has 1 aliphatic rings. The highest BCUT2D eigenvalue weighted by Crippen LogP contribution is 2.34. The molecule has 1 aromatic carbocycles. The van der Waals surface area contributed by atoms with E-state index in [0.717, 1.165) is 41.4 Å². The van der Waals surface area contributed by atoms with E-state index >= 15 is 0 Å². The van der Waals surface area contributed by atoms with Crippen LogP contribution in [0.3, 0.4) is 0 Å². The summed E-state index contributed by atoms with van der Waals surface area (Å²) >= 11 is 1.73. The van der Waals surface area contributed by atoms with Gasteiger partial charge in [0.2, 0.25) is 0 Å². The van der Waals surface area contributed by atoms with Crippen LogP contribution >= 0.6 is 11.3 Å². The lowest BCUT2D eigenvalue weighted by Crippen LogP contribution is -2.47. The smallest absolute Gasteiger partial charge is 0.127 e. The molecule has 0 aliphatic carbocycles. The van der Waals surface area contributed by atoms with Crippen molar-refractivity contribution >= 4 is 21.6 Å². The van der Waals surface area contributed by atoms with Gasteiger partial charge in [-0.15, -0.1) is 11.3 Å². The fourth-order valence-electron chi connectivity index (χ4n) is 3.40. The number of rotatable bonds is 5. The molecule has 0 amide bonds. The van der Waals surface area contributed by atoms with E-state index in [0.29, 0.717) is 13.2 Å². The number of ether oxygens (including phenoxy) is 2. The van der Waals surface area contributed by atoms with Crippen LogP contribution in [0.25, 0.3) is 20.7 Å². The standard InChI is InChI=1S/C20H23N3O2S/c1-14-21-18(11-23-8-9-25-13-16(23)12-24-2)17-10-19(26-20(17)22-14)15-6-4-3-5-7-15/h3-7,10,16H,8-9,11-13H2,1-2H3/t16-/m0/s1. The second-order valence-corrected chi connectivity index (χ2v) is 7.60. The zero-order valence-electron chi connectivity index (χ0n) is 15.1. The highest BCUT2D eigenvalue weighted by Gasteiger charge is 2.24. The lowest BCUT2D eigenvalue weighted by Gasteiger charge is -2.34. The third-order valence-corrected chi connectivity index (χ3v) is 5.78. The summed E-state index contributed by atoms with van der Waals surface area (Å²) in [6.07, 6.45) is 0. The van der Waals surface area contributed by atoms with Gasteiger partial charge in [-0.25, -0.2) is 9.97 Å². The molecular formula is C20H23N3O2S. The van der Waals surface area contributed by atoms with Crippen molar-refractivity contribution in [1.82, 2.24) is 14.9 Å². The van der Waals surface area contributed by atoms with Crippen molar-refractivity contribution < 1.29 is 9.47 Å². The first-order valence-corrected chi connectivity index (χ1v) is 9.69. The molecule has 0 radical (unpaired) electrons. The molecule has 1 saturated heterocycles. The molecule has 3 aromatic rings. The maximum absolute atomic E-state index is 5.62. The summed E-state index contributed by atoms with van der Waals surface area (Å²) in [7, 11) is 1.74. The predicted molar refractivity (Wildman–Crippen MR) is 104 cm³/mol. The predicted octanol–water partition coefficient (Wildman–Crippen LogP) is 3.51. The topological polar surface area (TPSA) is 47.5 Å². The molecule has 26 heavy (non-hydrogen) atoms. The fourth-order valence-corrected chi connectivity index (χ4v) is 4.50. The third-order valence-electron chi connectivity index (χ3n) is 4.70. The quantitative estimate of drug-likeness (QED) is 0.689. The van der Waals surface area contributed by atoms with Crippen LogP contribution in [0.4, 0.5) is 0 Å². The molecule has 136 valence electrons. The van der Waals surface area contributed by atoms with E-state index in [2.05, 4.69) is 40.2 Å². The molecule has 0 N–H and O–H groups in total. The molecule has 1 atom stereocenters. The molecule has 0 spiro atoms. The number of morpholine rings is 1. The van der Waals surface area contributed by atoms with Crippen LogP contribution in [0.2, 0.25) is 0 Å². The van der Waals surface area contributed by atoms with Crippen LogP contribution in [0.5, 0.6) is 0 Å². The van der Waals surface area contributed by atoms with E-state index in [-0.39, 0.29) is 6.04 Å². The molecule has 0 bridgehead atoms. The van der Waals surface area contributed by atoms with Gasteiger partial charge < -0.3 is 9.47 Å². The first-order chi connectivity index (χ1) is 12.7. The molecule has 0 saturated carbocycles. The molecule has 0 unspecified atom stereocenters. The molecule has 3 heterocycles. The number of aryl methyl sites for hydroxylation is 1. The van der Waals surface area contributed by atoms with Crippen molar-refractivity contribution in [2.45, 2.75) is 19.5 Å².